The third kappa shape index (κ3) is 2.42. The van der Waals surface area contributed by atoms with Crippen LogP contribution in [-0.4, -0.2) is 48.0 Å². The topological polar surface area (TPSA) is 91.6 Å². The first-order valence-electron chi connectivity index (χ1n) is 7.95. The highest BCUT2D eigenvalue weighted by atomic mass is 19.1. The molecular weight excluding hydrogens is 334 g/mol. The zero-order valence-corrected chi connectivity index (χ0v) is 13.2. The van der Waals surface area contributed by atoms with E-state index in [9.17, 15) is 19.1 Å². The minimum atomic E-state index is -1.43. The van der Waals surface area contributed by atoms with Crippen molar-refractivity contribution in [2.24, 2.45) is 5.73 Å². The minimum absolute atomic E-state index is 0.107. The van der Waals surface area contributed by atoms with Gasteiger partial charge in [0.1, 0.15) is 22.6 Å². The molecule has 2 fully saturated rings. The highest BCUT2D eigenvalue weighted by molar-refractivity contribution is 5.94. The van der Waals surface area contributed by atoms with Crippen LogP contribution in [0.5, 0.6) is 0 Å². The first kappa shape index (κ1) is 15.8. The molecule has 0 bridgehead atoms. The number of rotatable bonds is 3. The fourth-order valence-electron chi connectivity index (χ4n) is 3.30. The first-order valence-corrected chi connectivity index (χ1v) is 7.95. The van der Waals surface area contributed by atoms with Gasteiger partial charge in [-0.15, -0.1) is 0 Å². The van der Waals surface area contributed by atoms with Crippen molar-refractivity contribution >= 4 is 22.6 Å². The van der Waals surface area contributed by atoms with Crippen molar-refractivity contribution in [3.63, 3.8) is 0 Å². The van der Waals surface area contributed by atoms with Gasteiger partial charge < -0.3 is 20.7 Å². The standard InChI is InChI=1S/C16H16F2N4O3/c17-11-5-9-13(12(18)14(11)20-2-1-8(19)6-20)22(21-3-4-21)7-10(15(9)23)16(24)25/h5,7-8H,1-4,6,19H2,(H,24,25). The summed E-state index contributed by atoms with van der Waals surface area (Å²) in [6, 6.07) is 0.755. The number of aromatic nitrogens is 1. The fraction of sp³-hybridized carbons (Fsp3) is 0.375. The van der Waals surface area contributed by atoms with E-state index in [-0.39, 0.29) is 22.6 Å². The number of hydrogen-bond donors (Lipinski definition) is 2. The number of carbonyl (C=O) groups is 1. The summed E-state index contributed by atoms with van der Waals surface area (Å²) in [5.41, 5.74) is 4.08. The van der Waals surface area contributed by atoms with Crippen LogP contribution in [0.4, 0.5) is 14.5 Å². The van der Waals surface area contributed by atoms with Crippen LogP contribution in [0.1, 0.15) is 16.8 Å². The molecule has 0 radical (unpaired) electrons. The van der Waals surface area contributed by atoms with Gasteiger partial charge in [0.15, 0.2) is 5.82 Å². The summed E-state index contributed by atoms with van der Waals surface area (Å²) in [4.78, 5) is 25.2. The molecule has 1 atom stereocenters. The van der Waals surface area contributed by atoms with Crippen LogP contribution in [0.15, 0.2) is 17.1 Å². The van der Waals surface area contributed by atoms with E-state index >= 15 is 4.39 Å². The Labute approximate surface area is 140 Å². The van der Waals surface area contributed by atoms with E-state index in [0.717, 1.165) is 12.3 Å². The summed E-state index contributed by atoms with van der Waals surface area (Å²) < 4.78 is 31.1. The smallest absolute Gasteiger partial charge is 0.341 e. The molecule has 0 spiro atoms. The van der Waals surface area contributed by atoms with Crippen molar-refractivity contribution < 1.29 is 18.7 Å². The molecular formula is C16H16F2N4O3. The maximum Gasteiger partial charge on any atom is 0.341 e. The SMILES string of the molecule is NC1CCN(c2c(F)cc3c(=O)c(C(=O)O)cn(N4CC4)c3c2F)C1. The predicted octanol–water partition coefficient (Wildman–Crippen LogP) is 0.467. The molecule has 1 aromatic carbocycles. The number of halogens is 2. The van der Waals surface area contributed by atoms with E-state index < -0.39 is 28.6 Å². The van der Waals surface area contributed by atoms with Crippen molar-refractivity contribution in [2.75, 3.05) is 36.1 Å². The van der Waals surface area contributed by atoms with Gasteiger partial charge >= 0.3 is 5.97 Å². The average molecular weight is 350 g/mol. The summed E-state index contributed by atoms with van der Waals surface area (Å²) >= 11 is 0. The van der Waals surface area contributed by atoms with E-state index in [2.05, 4.69) is 0 Å². The van der Waals surface area contributed by atoms with Crippen LogP contribution >= 0.6 is 0 Å². The number of pyridine rings is 1. The number of carboxylic acids is 1. The largest absolute Gasteiger partial charge is 0.477 e. The van der Waals surface area contributed by atoms with E-state index in [1.807, 2.05) is 0 Å². The highest BCUT2D eigenvalue weighted by Crippen LogP contribution is 2.32. The Morgan fingerprint density at radius 2 is 2.00 bits per heavy atom. The zero-order valence-electron chi connectivity index (χ0n) is 13.2. The monoisotopic (exact) mass is 350 g/mol. The Hall–Kier alpha value is -2.68. The van der Waals surface area contributed by atoms with E-state index in [1.165, 1.54) is 9.58 Å². The molecule has 132 valence electrons. The lowest BCUT2D eigenvalue weighted by molar-refractivity contribution is 0.0695. The number of hydrogen-bond acceptors (Lipinski definition) is 5. The summed E-state index contributed by atoms with van der Waals surface area (Å²) in [7, 11) is 0. The second kappa shape index (κ2) is 5.41. The van der Waals surface area contributed by atoms with Crippen LogP contribution in [0, 0.1) is 11.6 Å². The van der Waals surface area contributed by atoms with Crippen LogP contribution in [-0.2, 0) is 0 Å². The molecule has 2 saturated heterocycles. The predicted molar refractivity (Wildman–Crippen MR) is 87.8 cm³/mol. The third-order valence-electron chi connectivity index (χ3n) is 4.64. The van der Waals surface area contributed by atoms with Gasteiger partial charge in [-0.1, -0.05) is 0 Å². The van der Waals surface area contributed by atoms with Gasteiger partial charge in [-0.25, -0.2) is 13.6 Å². The number of nitrogens with zero attached hydrogens (tertiary/aromatic N) is 3. The lowest BCUT2D eigenvalue weighted by Crippen LogP contribution is -2.29. The number of nitrogens with two attached hydrogens (primary N) is 1. The molecule has 25 heavy (non-hydrogen) atoms. The Bertz CT molecular complexity index is 955. The molecule has 2 aliphatic heterocycles. The zero-order chi connectivity index (χ0) is 17.9. The van der Waals surface area contributed by atoms with Crippen molar-refractivity contribution in [1.82, 2.24) is 4.68 Å². The second-order valence-electron chi connectivity index (χ2n) is 6.39. The van der Waals surface area contributed by atoms with Crippen LogP contribution in [0.3, 0.4) is 0 Å². The molecule has 0 saturated carbocycles. The lowest BCUT2D eigenvalue weighted by atomic mass is 10.1. The molecule has 9 heteroatoms. The average Bonchev–Trinajstić information content (AvgIpc) is 3.30. The molecule has 2 aliphatic rings. The van der Waals surface area contributed by atoms with Gasteiger partial charge in [-0.3, -0.25) is 9.47 Å². The second-order valence-corrected chi connectivity index (χ2v) is 6.39. The molecule has 7 nitrogen and oxygen atoms in total. The molecule has 1 aromatic heterocycles. The Kier molecular flexibility index (Phi) is 3.43. The van der Waals surface area contributed by atoms with Gasteiger partial charge in [-0.05, 0) is 12.5 Å². The van der Waals surface area contributed by atoms with Gasteiger partial charge in [0.05, 0.1) is 18.5 Å². The quantitative estimate of drug-likeness (QED) is 0.782. The first-order chi connectivity index (χ1) is 11.9. The number of aromatic carboxylic acids is 1. The van der Waals surface area contributed by atoms with Crippen LogP contribution in [0.25, 0.3) is 10.9 Å². The minimum Gasteiger partial charge on any atom is -0.477 e. The molecule has 0 amide bonds. The van der Waals surface area contributed by atoms with Gasteiger partial charge in [-0.2, -0.15) is 0 Å². The van der Waals surface area contributed by atoms with E-state index in [4.69, 9.17) is 5.73 Å². The third-order valence-corrected chi connectivity index (χ3v) is 4.64. The molecule has 2 aromatic rings. The highest BCUT2D eigenvalue weighted by Gasteiger charge is 2.31. The molecule has 3 N–H and O–H groups in total. The van der Waals surface area contributed by atoms with Crippen molar-refractivity contribution in [3.8, 4) is 0 Å². The molecule has 0 aliphatic carbocycles. The molecule has 4 rings (SSSR count). The molecule has 1 unspecified atom stereocenters. The summed E-state index contributed by atoms with van der Waals surface area (Å²) in [5.74, 6) is -3.20. The summed E-state index contributed by atoms with van der Waals surface area (Å²) in [6.07, 6.45) is 1.72. The Morgan fingerprint density at radius 1 is 1.28 bits per heavy atom. The van der Waals surface area contributed by atoms with Crippen LogP contribution in [0.2, 0.25) is 0 Å². The Balaban J connectivity index is 2.03. The number of fused-ring (bicyclic) bond motifs is 1. The van der Waals surface area contributed by atoms with Crippen LogP contribution < -0.4 is 21.1 Å². The summed E-state index contributed by atoms with van der Waals surface area (Å²) in [5, 5.41) is 10.6. The Morgan fingerprint density at radius 3 is 2.56 bits per heavy atom. The normalized spacial score (nSPS) is 19.7. The maximum atomic E-state index is 15.2. The number of benzene rings is 1. The number of anilines is 1. The van der Waals surface area contributed by atoms with Crippen molar-refractivity contribution in [2.45, 2.75) is 12.5 Å². The van der Waals surface area contributed by atoms with E-state index in [1.54, 1.807) is 5.01 Å². The van der Waals surface area contributed by atoms with Gasteiger partial charge in [0.25, 0.3) is 0 Å². The number of carboxylic acid groups (broad SMARTS) is 1. The van der Waals surface area contributed by atoms with Crippen molar-refractivity contribution in [1.29, 1.82) is 0 Å². The van der Waals surface area contributed by atoms with Gasteiger partial charge in [0, 0.05) is 25.3 Å². The lowest BCUT2D eigenvalue weighted by Gasteiger charge is -2.22. The molecule has 3 heterocycles. The fourth-order valence-corrected chi connectivity index (χ4v) is 3.30. The van der Waals surface area contributed by atoms with Crippen molar-refractivity contribution in [3.05, 3.63) is 39.7 Å². The van der Waals surface area contributed by atoms with Gasteiger partial charge in [0.2, 0.25) is 5.43 Å². The maximum absolute atomic E-state index is 15.2. The summed E-state index contributed by atoms with van der Waals surface area (Å²) in [6.45, 7) is 1.93. The van der Waals surface area contributed by atoms with E-state index in [0.29, 0.717) is 32.6 Å².